The predicted molar refractivity (Wildman–Crippen MR) is 340 cm³/mol. The highest BCUT2D eigenvalue weighted by Gasteiger charge is 2.37. The molecule has 2 aliphatic heterocycles. The molecule has 18 heteroatoms. The number of hydrogen-bond acceptors (Lipinski definition) is 10. The molecule has 2 aliphatic rings. The number of benzene rings is 8. The summed E-state index contributed by atoms with van der Waals surface area (Å²) in [5.74, 6) is 0.992. The minimum absolute atomic E-state index is 0.496. The Morgan fingerprint density at radius 1 is 0.389 bits per heavy atom. The van der Waals surface area contributed by atoms with Gasteiger partial charge in [-0.15, -0.1) is 10.2 Å². The highest BCUT2D eigenvalue weighted by atomic mass is 19.4. The van der Waals surface area contributed by atoms with Crippen LogP contribution < -0.4 is 0 Å². The monoisotopic (exact) mass is 1220 g/mol. The molecular weight excluding hydrogens is 1150 g/mol. The summed E-state index contributed by atoms with van der Waals surface area (Å²) in [4.78, 5) is 9.14. The number of alkyl halides is 6. The zero-order chi connectivity index (χ0) is 62.8. The molecule has 12 nitrogen and oxygen atoms in total. The lowest BCUT2D eigenvalue weighted by molar-refractivity contribution is -0.138. The molecule has 0 bridgehead atoms. The van der Waals surface area contributed by atoms with Crippen LogP contribution in [0.5, 0.6) is 0 Å². The Hall–Kier alpha value is -9.20. The van der Waals surface area contributed by atoms with Gasteiger partial charge in [0.05, 0.1) is 34.6 Å². The van der Waals surface area contributed by atoms with Crippen LogP contribution in [0.3, 0.4) is 0 Å². The van der Waals surface area contributed by atoms with Gasteiger partial charge in [-0.3, -0.25) is 19.6 Å². The molecule has 8 aromatic carbocycles. The van der Waals surface area contributed by atoms with E-state index >= 15 is 0 Å². The van der Waals surface area contributed by atoms with Crippen LogP contribution in [0.2, 0.25) is 0 Å². The fourth-order valence-corrected chi connectivity index (χ4v) is 12.3. The third kappa shape index (κ3) is 14.6. The molecule has 2 aromatic heterocycles. The molecule has 2 atom stereocenters. The van der Waals surface area contributed by atoms with Gasteiger partial charge in [-0.25, -0.2) is 0 Å². The van der Waals surface area contributed by atoms with Gasteiger partial charge in [0.2, 0.25) is 0 Å². The number of tetrazole rings is 2. The van der Waals surface area contributed by atoms with Crippen LogP contribution in [-0.4, -0.2) is 125 Å². The lowest BCUT2D eigenvalue weighted by atomic mass is 9.97. The average molecular weight is 1220 g/mol. The summed E-state index contributed by atoms with van der Waals surface area (Å²) in [6.07, 6.45) is -4.38. The third-order valence-corrected chi connectivity index (χ3v) is 16.8. The first kappa shape index (κ1) is 62.4. The molecule has 0 radical (unpaired) electrons. The van der Waals surface area contributed by atoms with Crippen LogP contribution in [0.15, 0.2) is 218 Å². The molecule has 12 rings (SSSR count). The molecule has 0 saturated carbocycles. The van der Waals surface area contributed by atoms with Gasteiger partial charge in [0.15, 0.2) is 11.6 Å². The summed E-state index contributed by atoms with van der Waals surface area (Å²) < 4.78 is 86.4. The number of aryl methyl sites for hydroxylation is 4. The number of aromatic nitrogens is 8. The van der Waals surface area contributed by atoms with Gasteiger partial charge < -0.3 is 0 Å². The predicted octanol–water partition coefficient (Wildman–Crippen LogP) is 14.3. The quantitative estimate of drug-likeness (QED) is 0.0870. The second-order valence-electron chi connectivity index (χ2n) is 22.8. The van der Waals surface area contributed by atoms with Gasteiger partial charge in [0.25, 0.3) is 0 Å². The second-order valence-corrected chi connectivity index (χ2v) is 22.8. The maximum atomic E-state index is 13.8. The molecule has 10 aromatic rings. The number of para-hydroxylation sites is 2. The first-order valence-corrected chi connectivity index (χ1v) is 30.2. The van der Waals surface area contributed by atoms with Crippen LogP contribution in [0.4, 0.5) is 26.3 Å². The molecule has 0 amide bonds. The summed E-state index contributed by atoms with van der Waals surface area (Å²) in [5.41, 5.74) is 12.2. The Morgan fingerprint density at radius 3 is 0.989 bits per heavy atom. The van der Waals surface area contributed by atoms with Crippen molar-refractivity contribution in [2.24, 2.45) is 0 Å². The largest absolute Gasteiger partial charge is 0.416 e. The van der Waals surface area contributed by atoms with Gasteiger partial charge in [-0.05, 0) is 140 Å². The fourth-order valence-electron chi connectivity index (χ4n) is 12.3. The van der Waals surface area contributed by atoms with Gasteiger partial charge in [-0.2, -0.15) is 35.7 Å². The number of rotatable bonds is 16. The molecular formula is C72H70F6N12. The van der Waals surface area contributed by atoms with E-state index in [4.69, 9.17) is 0 Å². The number of halogens is 6. The lowest BCUT2D eigenvalue weighted by Crippen LogP contribution is -2.48. The summed E-state index contributed by atoms with van der Waals surface area (Å²) in [7, 11) is 0. The molecule has 0 N–H and O–H groups in total. The van der Waals surface area contributed by atoms with Crippen molar-refractivity contribution in [2.45, 2.75) is 52.1 Å². The van der Waals surface area contributed by atoms with Crippen molar-refractivity contribution in [1.82, 2.24) is 60.0 Å². The second kappa shape index (κ2) is 28.1. The van der Waals surface area contributed by atoms with E-state index in [9.17, 15) is 26.3 Å². The fraction of sp³-hybridized carbons (Fsp3) is 0.250. The SMILES string of the molecule is Cc1cccc(C)c1-n1nnnc1[C@@H](c1cccc(C(F)(F)F)c1)N1CCN(CC=C(c2ccccc2)c2ccccc2)CC1.Cc1cccc(C)c1-n1nnnc1[C@H](c1cccc(C(F)(F)F)c1)N1CCN(CC=C(c2ccccc2)c2ccccc2)CC1. The standard InChI is InChI=1S/2C36H35F3N6/c2*1-26-11-9-12-27(2)33(26)45-35(40-41-42-45)34(30-17-10-18-31(25-30)36(37,38)39)44-23-21-43(22-24-44)20-19-32(28-13-5-3-6-14-28)29-15-7-4-8-16-29/h2*3-19,25,34H,20-24H2,1-2H3/t2*34-/m10/s1. The van der Waals surface area contributed by atoms with Gasteiger partial charge in [-0.1, -0.05) is 194 Å². The Bertz CT molecular complexity index is 3650. The first-order valence-electron chi connectivity index (χ1n) is 30.2. The van der Waals surface area contributed by atoms with E-state index in [1.54, 1.807) is 21.5 Å². The molecule has 2 saturated heterocycles. The van der Waals surface area contributed by atoms with E-state index in [2.05, 4.69) is 111 Å². The van der Waals surface area contributed by atoms with Crippen molar-refractivity contribution in [2.75, 3.05) is 65.4 Å². The number of piperazine rings is 2. The van der Waals surface area contributed by atoms with Gasteiger partial charge in [0, 0.05) is 65.4 Å². The molecule has 0 spiro atoms. The van der Waals surface area contributed by atoms with Crippen LogP contribution in [0.25, 0.3) is 22.5 Å². The van der Waals surface area contributed by atoms with E-state index in [0.717, 1.165) is 107 Å². The van der Waals surface area contributed by atoms with E-state index in [1.165, 1.54) is 35.4 Å². The number of hydrogen-bond donors (Lipinski definition) is 0. The summed E-state index contributed by atoms with van der Waals surface area (Å²) in [6.45, 7) is 15.0. The average Bonchev–Trinajstić information content (AvgIpc) is 1.80. The number of nitrogens with zero attached hydrogens (tertiary/aromatic N) is 12. The maximum absolute atomic E-state index is 13.8. The highest BCUT2D eigenvalue weighted by Crippen LogP contribution is 2.38. The molecule has 460 valence electrons. The van der Waals surface area contributed by atoms with Crippen LogP contribution in [-0.2, 0) is 12.4 Å². The van der Waals surface area contributed by atoms with E-state index in [-0.39, 0.29) is 0 Å². The van der Waals surface area contributed by atoms with Crippen molar-refractivity contribution in [3.8, 4) is 11.4 Å². The van der Waals surface area contributed by atoms with Crippen LogP contribution >= 0.6 is 0 Å². The smallest absolute Gasteiger partial charge is 0.297 e. The molecule has 0 aliphatic carbocycles. The van der Waals surface area contributed by atoms with Crippen molar-refractivity contribution in [3.05, 3.63) is 297 Å². The zero-order valence-electron chi connectivity index (χ0n) is 50.6. The Labute approximate surface area is 521 Å². The molecule has 90 heavy (non-hydrogen) atoms. The summed E-state index contributed by atoms with van der Waals surface area (Å²) in [6, 6.07) is 63.3. The lowest BCUT2D eigenvalue weighted by Gasteiger charge is -2.39. The van der Waals surface area contributed by atoms with E-state index < -0.39 is 35.6 Å². The van der Waals surface area contributed by atoms with Crippen LogP contribution in [0.1, 0.15) is 90.5 Å². The maximum Gasteiger partial charge on any atom is 0.416 e. The first-order chi connectivity index (χ1) is 43.6. The molecule has 2 fully saturated rings. The normalized spacial score (nSPS) is 15.1. The Morgan fingerprint density at radius 2 is 0.689 bits per heavy atom. The van der Waals surface area contributed by atoms with E-state index in [1.807, 2.05) is 137 Å². The van der Waals surface area contributed by atoms with Gasteiger partial charge >= 0.3 is 12.4 Å². The minimum Gasteiger partial charge on any atom is -0.297 e. The van der Waals surface area contributed by atoms with Crippen molar-refractivity contribution in [3.63, 3.8) is 0 Å². The highest BCUT2D eigenvalue weighted by molar-refractivity contribution is 5.80. The molecule has 0 unspecified atom stereocenters. The molecule has 4 heterocycles. The van der Waals surface area contributed by atoms with Crippen molar-refractivity contribution in [1.29, 1.82) is 0 Å². The topological polar surface area (TPSA) is 100 Å². The van der Waals surface area contributed by atoms with Gasteiger partial charge in [0.1, 0.15) is 0 Å². The Kier molecular flexibility index (Phi) is 19.5. The van der Waals surface area contributed by atoms with Crippen molar-refractivity contribution >= 4 is 11.1 Å². The Balaban J connectivity index is 0.000000185. The van der Waals surface area contributed by atoms with Crippen molar-refractivity contribution < 1.29 is 26.3 Å². The third-order valence-electron chi connectivity index (χ3n) is 16.8. The zero-order valence-corrected chi connectivity index (χ0v) is 50.6. The minimum atomic E-state index is -4.46. The van der Waals surface area contributed by atoms with E-state index in [0.29, 0.717) is 49.0 Å². The van der Waals surface area contributed by atoms with Crippen LogP contribution in [0, 0.1) is 27.7 Å². The summed E-state index contributed by atoms with van der Waals surface area (Å²) in [5, 5.41) is 25.5. The summed E-state index contributed by atoms with van der Waals surface area (Å²) >= 11 is 0.